The fourth-order valence-corrected chi connectivity index (χ4v) is 2.50. The first-order valence-electron chi connectivity index (χ1n) is 6.75. The van der Waals surface area contributed by atoms with Gasteiger partial charge in [-0.25, -0.2) is 4.79 Å². The molecule has 6 nitrogen and oxygen atoms in total. The lowest BCUT2D eigenvalue weighted by molar-refractivity contribution is -0.148. The minimum Gasteiger partial charge on any atom is -0.480 e. The number of nitrogens with zero attached hydrogens (tertiary/aromatic N) is 1. The van der Waals surface area contributed by atoms with E-state index in [1.165, 1.54) is 4.90 Å². The number of likely N-dealkylation sites (tertiary alicyclic amines) is 1. The summed E-state index contributed by atoms with van der Waals surface area (Å²) in [5.41, 5.74) is 7.12. The Labute approximate surface area is 122 Å². The highest BCUT2D eigenvalue weighted by atomic mass is 16.4. The molecule has 1 unspecified atom stereocenters. The molecular weight excluding hydrogens is 272 g/mol. The third-order valence-corrected chi connectivity index (χ3v) is 3.77. The number of carboxylic acid groups (broad SMARTS) is 1. The largest absolute Gasteiger partial charge is 0.480 e. The maximum Gasteiger partial charge on any atom is 0.326 e. The predicted octanol–water partition coefficient (Wildman–Crippen LogP) is 0.325. The SMILES string of the molecule is Cc1ccc(C[C@@H](C(=O)O)N2CC(C(N)=O)CC2=O)cc1. The van der Waals surface area contributed by atoms with Crippen LogP contribution in [0.5, 0.6) is 0 Å². The Morgan fingerprint density at radius 2 is 2.00 bits per heavy atom. The van der Waals surface area contributed by atoms with Crippen LogP contribution in [0.25, 0.3) is 0 Å². The summed E-state index contributed by atoms with van der Waals surface area (Å²) in [6.07, 6.45) is 0.208. The summed E-state index contributed by atoms with van der Waals surface area (Å²) < 4.78 is 0. The highest BCUT2D eigenvalue weighted by molar-refractivity contribution is 5.91. The van der Waals surface area contributed by atoms with E-state index in [0.29, 0.717) is 0 Å². The number of hydrogen-bond donors (Lipinski definition) is 2. The van der Waals surface area contributed by atoms with Gasteiger partial charge in [-0.05, 0) is 12.5 Å². The van der Waals surface area contributed by atoms with Gasteiger partial charge >= 0.3 is 5.97 Å². The number of amides is 2. The molecule has 1 saturated heterocycles. The van der Waals surface area contributed by atoms with E-state index in [-0.39, 0.29) is 25.3 Å². The first-order valence-corrected chi connectivity index (χ1v) is 6.75. The van der Waals surface area contributed by atoms with Gasteiger partial charge in [-0.2, -0.15) is 0 Å². The molecule has 2 amide bonds. The monoisotopic (exact) mass is 290 g/mol. The van der Waals surface area contributed by atoms with Gasteiger partial charge in [0.25, 0.3) is 0 Å². The van der Waals surface area contributed by atoms with E-state index in [9.17, 15) is 19.5 Å². The maximum absolute atomic E-state index is 11.9. The smallest absolute Gasteiger partial charge is 0.326 e. The van der Waals surface area contributed by atoms with Crippen molar-refractivity contribution in [2.24, 2.45) is 11.7 Å². The van der Waals surface area contributed by atoms with Crippen LogP contribution in [-0.4, -0.2) is 40.4 Å². The number of aryl methyl sites for hydroxylation is 1. The number of hydrogen-bond acceptors (Lipinski definition) is 3. The van der Waals surface area contributed by atoms with Crippen LogP contribution < -0.4 is 5.73 Å². The topological polar surface area (TPSA) is 101 Å². The second kappa shape index (κ2) is 5.95. The van der Waals surface area contributed by atoms with Crippen LogP contribution in [0, 0.1) is 12.8 Å². The Morgan fingerprint density at radius 1 is 1.38 bits per heavy atom. The Morgan fingerprint density at radius 3 is 2.48 bits per heavy atom. The average molecular weight is 290 g/mol. The van der Waals surface area contributed by atoms with Crippen LogP contribution in [-0.2, 0) is 20.8 Å². The molecule has 1 aromatic rings. The van der Waals surface area contributed by atoms with E-state index in [4.69, 9.17) is 5.73 Å². The highest BCUT2D eigenvalue weighted by Crippen LogP contribution is 2.22. The molecule has 1 heterocycles. The molecule has 0 radical (unpaired) electrons. The van der Waals surface area contributed by atoms with Gasteiger partial charge in [0.05, 0.1) is 5.92 Å². The molecule has 112 valence electrons. The van der Waals surface area contributed by atoms with E-state index in [1.807, 2.05) is 31.2 Å². The molecule has 21 heavy (non-hydrogen) atoms. The number of benzene rings is 1. The zero-order valence-corrected chi connectivity index (χ0v) is 11.8. The van der Waals surface area contributed by atoms with Crippen molar-refractivity contribution in [3.63, 3.8) is 0 Å². The second-order valence-corrected chi connectivity index (χ2v) is 5.39. The summed E-state index contributed by atoms with van der Waals surface area (Å²) in [7, 11) is 0. The number of rotatable bonds is 5. The Kier molecular flexibility index (Phi) is 4.26. The van der Waals surface area contributed by atoms with Gasteiger partial charge < -0.3 is 15.7 Å². The van der Waals surface area contributed by atoms with Crippen molar-refractivity contribution in [1.29, 1.82) is 0 Å². The van der Waals surface area contributed by atoms with E-state index < -0.39 is 23.8 Å². The molecule has 1 aliphatic rings. The lowest BCUT2D eigenvalue weighted by atomic mass is 10.0. The molecular formula is C15H18N2O4. The lowest BCUT2D eigenvalue weighted by Gasteiger charge is -2.24. The molecule has 3 N–H and O–H groups in total. The zero-order chi connectivity index (χ0) is 15.6. The summed E-state index contributed by atoms with van der Waals surface area (Å²) in [5.74, 6) is -2.57. The minimum atomic E-state index is -1.07. The summed E-state index contributed by atoms with van der Waals surface area (Å²) in [6.45, 7) is 2.02. The van der Waals surface area contributed by atoms with Gasteiger partial charge in [0.2, 0.25) is 11.8 Å². The summed E-state index contributed by atoms with van der Waals surface area (Å²) in [6, 6.07) is 6.51. The molecule has 0 spiro atoms. The van der Waals surface area contributed by atoms with Gasteiger partial charge in [-0.1, -0.05) is 29.8 Å². The average Bonchev–Trinajstić information content (AvgIpc) is 2.80. The van der Waals surface area contributed by atoms with Crippen molar-refractivity contribution in [2.75, 3.05) is 6.54 Å². The molecule has 0 aliphatic carbocycles. The first kappa shape index (κ1) is 15.0. The van der Waals surface area contributed by atoms with Crippen LogP contribution >= 0.6 is 0 Å². The quantitative estimate of drug-likeness (QED) is 0.815. The van der Waals surface area contributed by atoms with Crippen molar-refractivity contribution in [2.45, 2.75) is 25.8 Å². The van der Waals surface area contributed by atoms with Gasteiger partial charge in [0.1, 0.15) is 6.04 Å². The molecule has 0 saturated carbocycles. The molecule has 0 aromatic heterocycles. The first-order chi connectivity index (χ1) is 9.88. The predicted molar refractivity (Wildman–Crippen MR) is 75.3 cm³/mol. The number of carboxylic acids is 1. The molecule has 1 aliphatic heterocycles. The van der Waals surface area contributed by atoms with Crippen LogP contribution in [0.3, 0.4) is 0 Å². The normalized spacial score (nSPS) is 19.6. The molecule has 2 rings (SSSR count). The van der Waals surface area contributed by atoms with Crippen molar-refractivity contribution in [3.05, 3.63) is 35.4 Å². The van der Waals surface area contributed by atoms with E-state index in [1.54, 1.807) is 0 Å². The van der Waals surface area contributed by atoms with Crippen molar-refractivity contribution in [3.8, 4) is 0 Å². The Hall–Kier alpha value is -2.37. The third kappa shape index (κ3) is 3.39. The van der Waals surface area contributed by atoms with Gasteiger partial charge in [-0.3, -0.25) is 9.59 Å². The van der Waals surface area contributed by atoms with Crippen LogP contribution in [0.4, 0.5) is 0 Å². The highest BCUT2D eigenvalue weighted by Gasteiger charge is 2.39. The van der Waals surface area contributed by atoms with E-state index >= 15 is 0 Å². The number of aliphatic carboxylic acids is 1. The van der Waals surface area contributed by atoms with Crippen LogP contribution in [0.1, 0.15) is 17.5 Å². The fraction of sp³-hybridized carbons (Fsp3) is 0.400. The number of carbonyl (C=O) groups is 3. The zero-order valence-electron chi connectivity index (χ0n) is 11.8. The molecule has 1 aromatic carbocycles. The van der Waals surface area contributed by atoms with Crippen LogP contribution in [0.2, 0.25) is 0 Å². The second-order valence-electron chi connectivity index (χ2n) is 5.39. The van der Waals surface area contributed by atoms with E-state index in [2.05, 4.69) is 0 Å². The minimum absolute atomic E-state index is 0.00693. The van der Waals surface area contributed by atoms with Crippen molar-refractivity contribution < 1.29 is 19.5 Å². The molecule has 6 heteroatoms. The number of carbonyl (C=O) groups excluding carboxylic acids is 2. The third-order valence-electron chi connectivity index (χ3n) is 3.77. The summed E-state index contributed by atoms with van der Waals surface area (Å²) >= 11 is 0. The van der Waals surface area contributed by atoms with Crippen LogP contribution in [0.15, 0.2) is 24.3 Å². The van der Waals surface area contributed by atoms with Gasteiger partial charge in [0, 0.05) is 19.4 Å². The number of nitrogens with two attached hydrogens (primary N) is 1. The summed E-state index contributed by atoms with van der Waals surface area (Å²) in [4.78, 5) is 35.8. The van der Waals surface area contributed by atoms with Gasteiger partial charge in [0.15, 0.2) is 0 Å². The fourth-order valence-electron chi connectivity index (χ4n) is 2.50. The van der Waals surface area contributed by atoms with Gasteiger partial charge in [-0.15, -0.1) is 0 Å². The van der Waals surface area contributed by atoms with Crippen molar-refractivity contribution in [1.82, 2.24) is 4.90 Å². The molecule has 1 fully saturated rings. The molecule has 0 bridgehead atoms. The molecule has 2 atom stereocenters. The summed E-state index contributed by atoms with van der Waals surface area (Å²) in [5, 5.41) is 9.38. The Balaban J connectivity index is 2.16. The maximum atomic E-state index is 11.9. The van der Waals surface area contributed by atoms with E-state index in [0.717, 1.165) is 11.1 Å². The Bertz CT molecular complexity index is 568. The van der Waals surface area contributed by atoms with Crippen molar-refractivity contribution >= 4 is 17.8 Å². The standard InChI is InChI=1S/C15H18N2O4/c1-9-2-4-10(5-3-9)6-12(15(20)21)17-8-11(14(16)19)7-13(17)18/h2-5,11-12H,6-8H2,1H3,(H2,16,19)(H,20,21)/t11?,12-/m0/s1. The lowest BCUT2D eigenvalue weighted by Crippen LogP contribution is -2.44. The number of primary amides is 1.